The monoisotopic (exact) mass is 674 g/mol. The summed E-state index contributed by atoms with van der Waals surface area (Å²) in [5.41, 5.74) is 3.27. The maximum absolute atomic E-state index is 12.7. The molecule has 6 heteroatoms. The largest absolute Gasteiger partial charge is 0.499 e. The van der Waals surface area contributed by atoms with Gasteiger partial charge in [0.05, 0.1) is 39.0 Å². The molecular formula is C43H62O6. The third-order valence-electron chi connectivity index (χ3n) is 9.71. The van der Waals surface area contributed by atoms with Gasteiger partial charge in [-0.1, -0.05) is 111 Å². The van der Waals surface area contributed by atoms with Gasteiger partial charge in [0.2, 0.25) is 0 Å². The maximum atomic E-state index is 12.7. The van der Waals surface area contributed by atoms with Crippen molar-refractivity contribution in [2.45, 2.75) is 136 Å². The Bertz CT molecular complexity index is 1310. The predicted molar refractivity (Wildman–Crippen MR) is 200 cm³/mol. The van der Waals surface area contributed by atoms with Gasteiger partial charge in [-0.2, -0.15) is 0 Å². The van der Waals surface area contributed by atoms with Gasteiger partial charge in [0.25, 0.3) is 0 Å². The molecule has 0 amide bonds. The van der Waals surface area contributed by atoms with Crippen LogP contribution >= 0.6 is 0 Å². The second kappa shape index (κ2) is 20.3. The number of rotatable bonds is 25. The van der Waals surface area contributed by atoms with Crippen molar-refractivity contribution >= 4 is 5.78 Å². The third kappa shape index (κ3) is 9.86. The van der Waals surface area contributed by atoms with Crippen LogP contribution in [0.15, 0.2) is 48.3 Å². The number of ether oxygens (including phenoxy) is 5. The zero-order valence-electron chi connectivity index (χ0n) is 31.1. The average molecular weight is 675 g/mol. The number of carbonyl (C=O) groups is 1. The molecule has 270 valence electrons. The second-order valence-corrected chi connectivity index (χ2v) is 13.6. The molecule has 2 aromatic carbocycles. The van der Waals surface area contributed by atoms with Crippen LogP contribution in [0.1, 0.15) is 142 Å². The van der Waals surface area contributed by atoms with Crippen LogP contribution in [0, 0.1) is 0 Å². The number of carbonyl (C=O) groups excluding carboxylic acids is 1. The minimum atomic E-state index is -0.812. The quantitative estimate of drug-likeness (QED) is 0.0977. The molecule has 2 aromatic rings. The van der Waals surface area contributed by atoms with Crippen molar-refractivity contribution in [2.24, 2.45) is 0 Å². The second-order valence-electron chi connectivity index (χ2n) is 13.6. The Morgan fingerprint density at radius 3 is 1.22 bits per heavy atom. The zero-order valence-corrected chi connectivity index (χ0v) is 31.1. The molecule has 0 saturated heterocycles. The Hall–Kier alpha value is -3.41. The van der Waals surface area contributed by atoms with Crippen molar-refractivity contribution in [1.29, 1.82) is 0 Å². The molecule has 1 spiro atoms. The summed E-state index contributed by atoms with van der Waals surface area (Å²) in [7, 11) is 1.65. The number of ketones is 1. The van der Waals surface area contributed by atoms with E-state index < -0.39 is 5.41 Å². The van der Waals surface area contributed by atoms with E-state index in [1.54, 1.807) is 19.3 Å². The molecule has 0 aromatic heterocycles. The minimum absolute atomic E-state index is 0.0867. The maximum Gasteiger partial charge on any atom is 0.181 e. The van der Waals surface area contributed by atoms with E-state index in [1.807, 2.05) is 6.08 Å². The van der Waals surface area contributed by atoms with Crippen LogP contribution in [0.5, 0.6) is 23.0 Å². The number of allylic oxidation sites excluding steroid dienone is 3. The molecule has 0 aliphatic heterocycles. The fraction of sp³-hybridized carbons (Fsp3) is 0.605. The number of hydrogen-bond acceptors (Lipinski definition) is 6. The standard InChI is InChI=1S/C43H62O6/c1-6-10-14-18-24-46-38-29-34-35-30-39(47-25-19-15-11-7-2)41(49-27-21-17-13-9-4)32-37(35)43(23-22-33(44)28-42(43)45-5)36(34)31-40(38)48-26-20-16-12-8-3/h22-23,28-32H,6-21,24-27H2,1-5H3. The molecule has 0 saturated carbocycles. The smallest absolute Gasteiger partial charge is 0.181 e. The zero-order chi connectivity index (χ0) is 34.9. The number of methoxy groups -OCH3 is 1. The summed E-state index contributed by atoms with van der Waals surface area (Å²) >= 11 is 0. The molecule has 0 bridgehead atoms. The Kier molecular flexibility index (Phi) is 15.9. The van der Waals surface area contributed by atoms with E-state index in [9.17, 15) is 4.79 Å². The van der Waals surface area contributed by atoms with Gasteiger partial charge >= 0.3 is 0 Å². The number of benzene rings is 2. The summed E-state index contributed by atoms with van der Waals surface area (Å²) in [5, 5.41) is 0. The fourth-order valence-corrected chi connectivity index (χ4v) is 6.90. The topological polar surface area (TPSA) is 63.2 Å². The lowest BCUT2D eigenvalue weighted by Gasteiger charge is -2.33. The Morgan fingerprint density at radius 2 is 0.878 bits per heavy atom. The SMILES string of the molecule is CCCCCCOc1cc2c(cc1OCCCCCC)C1(C=CC(=O)C=C1OC)c1cc(OCCCCCC)c(OCCCCCC)cc1-2. The molecule has 0 radical (unpaired) electrons. The first-order valence-corrected chi connectivity index (χ1v) is 19.4. The summed E-state index contributed by atoms with van der Waals surface area (Å²) < 4.78 is 32.0. The van der Waals surface area contributed by atoms with Gasteiger partial charge in [-0.05, 0) is 78.3 Å². The number of unbranched alkanes of at least 4 members (excludes halogenated alkanes) is 12. The van der Waals surface area contributed by atoms with Gasteiger partial charge in [0, 0.05) is 6.08 Å². The first kappa shape index (κ1) is 38.4. The van der Waals surface area contributed by atoms with Crippen molar-refractivity contribution < 1.29 is 28.5 Å². The van der Waals surface area contributed by atoms with E-state index in [0.29, 0.717) is 32.2 Å². The summed E-state index contributed by atoms with van der Waals surface area (Å²) in [6.45, 7) is 11.4. The molecule has 0 heterocycles. The average Bonchev–Trinajstić information content (AvgIpc) is 3.36. The van der Waals surface area contributed by atoms with E-state index in [0.717, 1.165) is 96.6 Å². The van der Waals surface area contributed by atoms with Gasteiger partial charge in [0.1, 0.15) is 5.76 Å². The van der Waals surface area contributed by atoms with Crippen LogP contribution in [-0.2, 0) is 14.9 Å². The highest BCUT2D eigenvalue weighted by molar-refractivity contribution is 6.03. The van der Waals surface area contributed by atoms with Crippen molar-refractivity contribution in [3.63, 3.8) is 0 Å². The predicted octanol–water partition coefficient (Wildman–Crippen LogP) is 11.5. The van der Waals surface area contributed by atoms with E-state index in [2.05, 4.69) is 52.0 Å². The van der Waals surface area contributed by atoms with Crippen molar-refractivity contribution in [1.82, 2.24) is 0 Å². The lowest BCUT2D eigenvalue weighted by atomic mass is 9.73. The Labute approximate surface area is 296 Å². The van der Waals surface area contributed by atoms with Gasteiger partial charge in [0.15, 0.2) is 28.8 Å². The van der Waals surface area contributed by atoms with E-state index in [4.69, 9.17) is 23.7 Å². The summed E-state index contributed by atoms with van der Waals surface area (Å²) in [6.07, 6.45) is 23.3. The molecule has 0 fully saturated rings. The van der Waals surface area contributed by atoms with Crippen molar-refractivity contribution in [3.8, 4) is 34.1 Å². The number of hydrogen-bond donors (Lipinski definition) is 0. The van der Waals surface area contributed by atoms with Crippen LogP contribution in [-0.4, -0.2) is 39.3 Å². The molecule has 0 N–H and O–H groups in total. The van der Waals surface area contributed by atoms with E-state index in [-0.39, 0.29) is 5.78 Å². The molecule has 2 aliphatic rings. The first-order chi connectivity index (χ1) is 24.0. The van der Waals surface area contributed by atoms with Crippen LogP contribution < -0.4 is 18.9 Å². The molecule has 49 heavy (non-hydrogen) atoms. The molecular weight excluding hydrogens is 612 g/mol. The highest BCUT2D eigenvalue weighted by Crippen LogP contribution is 2.59. The summed E-state index contributed by atoms with van der Waals surface area (Å²) in [6, 6.07) is 8.52. The first-order valence-electron chi connectivity index (χ1n) is 19.4. The van der Waals surface area contributed by atoms with Gasteiger partial charge in [-0.15, -0.1) is 0 Å². The molecule has 6 nitrogen and oxygen atoms in total. The molecule has 4 rings (SSSR count). The van der Waals surface area contributed by atoms with Crippen LogP contribution in [0.2, 0.25) is 0 Å². The lowest BCUT2D eigenvalue weighted by Crippen LogP contribution is -2.30. The van der Waals surface area contributed by atoms with Gasteiger partial charge < -0.3 is 23.7 Å². The van der Waals surface area contributed by atoms with Crippen LogP contribution in [0.3, 0.4) is 0 Å². The highest BCUT2D eigenvalue weighted by Gasteiger charge is 2.48. The minimum Gasteiger partial charge on any atom is -0.499 e. The fourth-order valence-electron chi connectivity index (χ4n) is 6.90. The molecule has 0 unspecified atom stereocenters. The van der Waals surface area contributed by atoms with Crippen molar-refractivity contribution in [3.05, 3.63) is 59.4 Å². The summed E-state index contributed by atoms with van der Waals surface area (Å²) in [5.74, 6) is 3.48. The highest BCUT2D eigenvalue weighted by atomic mass is 16.5. The van der Waals surface area contributed by atoms with Gasteiger partial charge in [-0.25, -0.2) is 0 Å². The molecule has 2 aliphatic carbocycles. The van der Waals surface area contributed by atoms with Gasteiger partial charge in [-0.3, -0.25) is 4.79 Å². The van der Waals surface area contributed by atoms with Crippen molar-refractivity contribution in [2.75, 3.05) is 33.5 Å². The lowest BCUT2D eigenvalue weighted by molar-refractivity contribution is -0.110. The van der Waals surface area contributed by atoms with E-state index in [1.165, 1.54) is 51.4 Å². The van der Waals surface area contributed by atoms with Crippen LogP contribution in [0.4, 0.5) is 0 Å². The van der Waals surface area contributed by atoms with E-state index >= 15 is 0 Å². The number of fused-ring (bicyclic) bond motifs is 5. The molecule has 0 atom stereocenters. The third-order valence-corrected chi connectivity index (χ3v) is 9.71. The Morgan fingerprint density at radius 1 is 0.510 bits per heavy atom. The van der Waals surface area contributed by atoms with Crippen LogP contribution in [0.25, 0.3) is 11.1 Å². The normalized spacial score (nSPS) is 14.1. The Balaban J connectivity index is 1.81. The summed E-state index contributed by atoms with van der Waals surface area (Å²) in [4.78, 5) is 12.7.